The number of hydrogen-bond acceptors (Lipinski definition) is 1. The van der Waals surface area contributed by atoms with Crippen molar-refractivity contribution in [2.75, 3.05) is 0 Å². The molecule has 0 aromatic carbocycles. The minimum Gasteiger partial charge on any atom is -0.366 e. The summed E-state index contributed by atoms with van der Waals surface area (Å²) in [5.41, 5.74) is 6.26. The van der Waals surface area contributed by atoms with Crippen LogP contribution in [0.3, 0.4) is 0 Å². The molecule has 0 bridgehead atoms. The van der Waals surface area contributed by atoms with E-state index in [0.717, 1.165) is 29.7 Å². The van der Waals surface area contributed by atoms with E-state index in [2.05, 4.69) is 27.7 Å². The first-order valence-corrected chi connectivity index (χ1v) is 9.27. The maximum atomic E-state index is 10.8. The number of amides is 1. The summed E-state index contributed by atoms with van der Waals surface area (Å²) in [5, 5.41) is 0. The summed E-state index contributed by atoms with van der Waals surface area (Å²) in [6, 6.07) is 0. The Kier molecular flexibility index (Phi) is 12.3. The molecular weight excluding hydrogens is 270 g/mol. The molecule has 2 atom stereocenters. The van der Waals surface area contributed by atoms with Crippen molar-refractivity contribution in [3.8, 4) is 0 Å². The van der Waals surface area contributed by atoms with E-state index in [1.165, 1.54) is 51.4 Å². The molecule has 0 fully saturated rings. The highest BCUT2D eigenvalue weighted by Gasteiger charge is 2.06. The minimum absolute atomic E-state index is 0.322. The third-order valence-corrected chi connectivity index (χ3v) is 4.53. The second kappa shape index (κ2) is 12.7. The van der Waals surface area contributed by atoms with Crippen LogP contribution in [0.2, 0.25) is 0 Å². The lowest BCUT2D eigenvalue weighted by Crippen LogP contribution is -2.06. The molecule has 0 heterocycles. The topological polar surface area (TPSA) is 43.1 Å². The van der Waals surface area contributed by atoms with Gasteiger partial charge in [0.05, 0.1) is 0 Å². The van der Waals surface area contributed by atoms with Gasteiger partial charge in [0, 0.05) is 6.08 Å². The Labute approximate surface area is 138 Å². The molecule has 0 aliphatic carbocycles. The fraction of sp³-hybridized carbons (Fsp3) is 0.850. The van der Waals surface area contributed by atoms with Gasteiger partial charge in [-0.3, -0.25) is 4.79 Å². The second-order valence-corrected chi connectivity index (χ2v) is 7.75. The lowest BCUT2D eigenvalue weighted by molar-refractivity contribution is -0.113. The Morgan fingerprint density at radius 2 is 1.32 bits per heavy atom. The van der Waals surface area contributed by atoms with E-state index in [1.807, 2.05) is 6.92 Å². The Morgan fingerprint density at radius 3 is 1.77 bits per heavy atom. The van der Waals surface area contributed by atoms with Crippen LogP contribution in [0.4, 0.5) is 0 Å². The Bertz CT molecular complexity index is 320. The van der Waals surface area contributed by atoms with Crippen LogP contribution in [0.5, 0.6) is 0 Å². The molecular formula is C20H39NO. The van der Waals surface area contributed by atoms with Gasteiger partial charge in [0.1, 0.15) is 0 Å². The number of rotatable bonds is 13. The number of nitrogens with two attached hydrogens (primary N) is 1. The first-order chi connectivity index (χ1) is 10.3. The number of allylic oxidation sites excluding steroid dienone is 1. The quantitative estimate of drug-likeness (QED) is 0.426. The molecule has 2 nitrogen and oxygen atoms in total. The van der Waals surface area contributed by atoms with E-state index in [-0.39, 0.29) is 5.91 Å². The second-order valence-electron chi connectivity index (χ2n) is 7.75. The lowest BCUT2D eigenvalue weighted by Gasteiger charge is -2.15. The SMILES string of the molecule is C/C(=C\C(N)=O)CCCC(C)CCCC(C)CCCC(C)C. The van der Waals surface area contributed by atoms with Crippen molar-refractivity contribution in [3.63, 3.8) is 0 Å². The van der Waals surface area contributed by atoms with Gasteiger partial charge >= 0.3 is 0 Å². The average molecular weight is 310 g/mol. The smallest absolute Gasteiger partial charge is 0.241 e. The summed E-state index contributed by atoms with van der Waals surface area (Å²) in [6.07, 6.45) is 13.2. The predicted octanol–water partition coefficient (Wildman–Crippen LogP) is 5.86. The molecule has 130 valence electrons. The van der Waals surface area contributed by atoms with Crippen LogP contribution in [-0.4, -0.2) is 5.91 Å². The number of primary amides is 1. The maximum absolute atomic E-state index is 10.8. The van der Waals surface area contributed by atoms with E-state index in [9.17, 15) is 4.79 Å². The van der Waals surface area contributed by atoms with Crippen molar-refractivity contribution in [2.45, 2.75) is 92.4 Å². The van der Waals surface area contributed by atoms with Gasteiger partial charge in [0.2, 0.25) is 5.91 Å². The van der Waals surface area contributed by atoms with Gasteiger partial charge in [0.25, 0.3) is 0 Å². The monoisotopic (exact) mass is 309 g/mol. The third kappa shape index (κ3) is 14.2. The average Bonchev–Trinajstić information content (AvgIpc) is 2.37. The van der Waals surface area contributed by atoms with Crippen LogP contribution in [-0.2, 0) is 4.79 Å². The normalized spacial score (nSPS) is 15.1. The summed E-state index contributed by atoms with van der Waals surface area (Å²) in [5.74, 6) is 2.20. The molecule has 0 radical (unpaired) electrons. The van der Waals surface area contributed by atoms with E-state index in [1.54, 1.807) is 6.08 Å². The maximum Gasteiger partial charge on any atom is 0.241 e. The van der Waals surface area contributed by atoms with Crippen LogP contribution in [0.1, 0.15) is 92.4 Å². The molecule has 2 unspecified atom stereocenters. The predicted molar refractivity (Wildman–Crippen MR) is 97.7 cm³/mol. The molecule has 0 saturated carbocycles. The molecule has 0 aromatic heterocycles. The molecule has 2 N–H and O–H groups in total. The van der Waals surface area contributed by atoms with Gasteiger partial charge in [-0.2, -0.15) is 0 Å². The first kappa shape index (κ1) is 21.2. The zero-order chi connectivity index (χ0) is 17.0. The fourth-order valence-corrected chi connectivity index (χ4v) is 3.02. The van der Waals surface area contributed by atoms with Gasteiger partial charge in [-0.25, -0.2) is 0 Å². The molecule has 0 spiro atoms. The molecule has 0 aromatic rings. The number of carbonyl (C=O) groups excluding carboxylic acids is 1. The highest BCUT2D eigenvalue weighted by atomic mass is 16.1. The third-order valence-electron chi connectivity index (χ3n) is 4.53. The van der Waals surface area contributed by atoms with Gasteiger partial charge in [-0.05, 0) is 37.5 Å². The summed E-state index contributed by atoms with van der Waals surface area (Å²) in [7, 11) is 0. The van der Waals surface area contributed by atoms with Crippen LogP contribution < -0.4 is 5.73 Å². The van der Waals surface area contributed by atoms with Crippen LogP contribution in [0.15, 0.2) is 11.6 Å². The van der Waals surface area contributed by atoms with Crippen molar-refractivity contribution >= 4 is 5.91 Å². The zero-order valence-corrected chi connectivity index (χ0v) is 15.7. The molecule has 0 rings (SSSR count). The standard InChI is InChI=1S/C20H39NO/c1-16(2)9-6-10-17(3)11-7-12-18(4)13-8-14-19(5)15-20(21)22/h15-18H,6-14H2,1-5H3,(H2,21,22)/b19-15+. The van der Waals surface area contributed by atoms with Gasteiger partial charge in [0.15, 0.2) is 0 Å². The zero-order valence-electron chi connectivity index (χ0n) is 15.7. The molecule has 2 heteroatoms. The molecule has 0 aliphatic heterocycles. The summed E-state index contributed by atoms with van der Waals surface area (Å²) in [4.78, 5) is 10.8. The minimum atomic E-state index is -0.322. The van der Waals surface area contributed by atoms with Crippen molar-refractivity contribution in [1.29, 1.82) is 0 Å². The molecule has 22 heavy (non-hydrogen) atoms. The molecule has 1 amide bonds. The Morgan fingerprint density at radius 1 is 0.864 bits per heavy atom. The largest absolute Gasteiger partial charge is 0.366 e. The summed E-state index contributed by atoms with van der Waals surface area (Å²) >= 11 is 0. The Hall–Kier alpha value is -0.790. The van der Waals surface area contributed by atoms with Crippen molar-refractivity contribution in [3.05, 3.63) is 11.6 Å². The first-order valence-electron chi connectivity index (χ1n) is 9.27. The molecule has 0 saturated heterocycles. The van der Waals surface area contributed by atoms with Gasteiger partial charge < -0.3 is 5.73 Å². The highest BCUT2D eigenvalue weighted by molar-refractivity contribution is 5.86. The van der Waals surface area contributed by atoms with Crippen molar-refractivity contribution < 1.29 is 4.79 Å². The lowest BCUT2D eigenvalue weighted by atomic mass is 9.91. The van der Waals surface area contributed by atoms with Gasteiger partial charge in [-0.15, -0.1) is 0 Å². The van der Waals surface area contributed by atoms with Crippen molar-refractivity contribution in [2.24, 2.45) is 23.5 Å². The van der Waals surface area contributed by atoms with Gasteiger partial charge in [-0.1, -0.05) is 78.2 Å². The van der Waals surface area contributed by atoms with Crippen LogP contribution in [0.25, 0.3) is 0 Å². The fourth-order valence-electron chi connectivity index (χ4n) is 3.02. The van der Waals surface area contributed by atoms with E-state index in [0.29, 0.717) is 0 Å². The van der Waals surface area contributed by atoms with Crippen LogP contribution >= 0.6 is 0 Å². The summed E-state index contributed by atoms with van der Waals surface area (Å²) < 4.78 is 0. The molecule has 0 aliphatic rings. The number of carbonyl (C=O) groups is 1. The summed E-state index contributed by atoms with van der Waals surface area (Å²) in [6.45, 7) is 11.4. The Balaban J connectivity index is 3.60. The highest BCUT2D eigenvalue weighted by Crippen LogP contribution is 2.21. The van der Waals surface area contributed by atoms with E-state index < -0.39 is 0 Å². The number of hydrogen-bond donors (Lipinski definition) is 1. The van der Waals surface area contributed by atoms with Crippen LogP contribution in [0, 0.1) is 17.8 Å². The van der Waals surface area contributed by atoms with Crippen molar-refractivity contribution in [1.82, 2.24) is 0 Å². The van der Waals surface area contributed by atoms with E-state index in [4.69, 9.17) is 5.73 Å². The van der Waals surface area contributed by atoms with E-state index >= 15 is 0 Å².